The number of benzene rings is 2. The van der Waals surface area contributed by atoms with Crippen molar-refractivity contribution in [2.75, 3.05) is 11.9 Å². The first kappa shape index (κ1) is 20.9. The first-order valence-electron chi connectivity index (χ1n) is 8.86. The monoisotopic (exact) mass is 431 g/mol. The number of aromatic nitrogens is 2. The van der Waals surface area contributed by atoms with Gasteiger partial charge in [0.2, 0.25) is 0 Å². The number of fused-ring (bicyclic) bond motifs is 1. The number of allylic oxidation sites excluding steroid dienone is 1. The van der Waals surface area contributed by atoms with E-state index in [-0.39, 0.29) is 39.7 Å². The van der Waals surface area contributed by atoms with Crippen LogP contribution in [0.4, 0.5) is 5.69 Å². The molecular formula is C21H19Cl2N3O3. The summed E-state index contributed by atoms with van der Waals surface area (Å²) in [6.45, 7) is 5.28. The van der Waals surface area contributed by atoms with Crippen molar-refractivity contribution >= 4 is 51.5 Å². The van der Waals surface area contributed by atoms with E-state index in [0.29, 0.717) is 17.7 Å². The van der Waals surface area contributed by atoms with Gasteiger partial charge in [-0.3, -0.25) is 14.3 Å². The Morgan fingerprint density at radius 1 is 1.21 bits per heavy atom. The summed E-state index contributed by atoms with van der Waals surface area (Å²) in [7, 11) is 1.83. The highest BCUT2D eigenvalue weighted by Gasteiger charge is 2.18. The predicted molar refractivity (Wildman–Crippen MR) is 115 cm³/mol. The van der Waals surface area contributed by atoms with Crippen molar-refractivity contribution in [1.82, 2.24) is 9.78 Å². The van der Waals surface area contributed by atoms with Crippen LogP contribution in [0.5, 0.6) is 5.75 Å². The summed E-state index contributed by atoms with van der Waals surface area (Å²) >= 11 is 12.4. The van der Waals surface area contributed by atoms with Gasteiger partial charge in [0.1, 0.15) is 10.8 Å². The molecule has 0 fully saturated rings. The third kappa shape index (κ3) is 4.60. The molecule has 0 atom stereocenters. The van der Waals surface area contributed by atoms with Crippen LogP contribution in [-0.2, 0) is 11.8 Å². The summed E-state index contributed by atoms with van der Waals surface area (Å²) in [5, 5.41) is 8.17. The molecule has 0 unspecified atom stereocenters. The molecule has 1 amide bonds. The number of hydrogen-bond donors (Lipinski definition) is 1. The number of carbonyl (C=O) groups is 2. The molecule has 0 radical (unpaired) electrons. The molecule has 0 aliphatic carbocycles. The van der Waals surface area contributed by atoms with E-state index in [4.69, 9.17) is 27.9 Å². The van der Waals surface area contributed by atoms with Crippen LogP contribution in [0.3, 0.4) is 0 Å². The maximum absolute atomic E-state index is 12.3. The number of aryl methyl sites for hydroxylation is 1. The maximum Gasteiger partial charge on any atom is 0.262 e. The van der Waals surface area contributed by atoms with E-state index in [0.717, 1.165) is 10.9 Å². The molecule has 0 saturated carbocycles. The SMILES string of the molecule is C=C(CC)C(=O)c1ccc(OCC(=O)Nc2ccc3cn(C)nc3c2)c(Cl)c1Cl. The summed E-state index contributed by atoms with van der Waals surface area (Å²) in [5.74, 6) is -0.425. The third-order valence-corrected chi connectivity index (χ3v) is 5.17. The van der Waals surface area contributed by atoms with Gasteiger partial charge in [0.25, 0.3) is 5.91 Å². The number of ether oxygens (including phenoxy) is 1. The predicted octanol–water partition coefficient (Wildman–Crippen LogP) is 5.05. The lowest BCUT2D eigenvalue weighted by Gasteiger charge is -2.12. The molecule has 6 nitrogen and oxygen atoms in total. The lowest BCUT2D eigenvalue weighted by Crippen LogP contribution is -2.20. The fourth-order valence-electron chi connectivity index (χ4n) is 2.73. The van der Waals surface area contributed by atoms with Gasteiger partial charge in [0, 0.05) is 29.9 Å². The highest BCUT2D eigenvalue weighted by atomic mass is 35.5. The van der Waals surface area contributed by atoms with Crippen molar-refractivity contribution in [3.05, 3.63) is 64.3 Å². The summed E-state index contributed by atoms with van der Waals surface area (Å²) in [6.07, 6.45) is 2.40. The van der Waals surface area contributed by atoms with Gasteiger partial charge in [0.15, 0.2) is 12.4 Å². The van der Waals surface area contributed by atoms with E-state index in [1.807, 2.05) is 26.2 Å². The standard InChI is InChI=1S/C21H19Cl2N3O3/c1-4-12(2)21(28)15-7-8-17(20(23)19(15)22)29-11-18(27)24-14-6-5-13-10-26(3)25-16(13)9-14/h5-10H,2,4,11H2,1,3H3,(H,24,27). The molecule has 3 aromatic rings. The van der Waals surface area contributed by atoms with E-state index in [9.17, 15) is 9.59 Å². The molecule has 0 saturated heterocycles. The van der Waals surface area contributed by atoms with Crippen molar-refractivity contribution < 1.29 is 14.3 Å². The lowest BCUT2D eigenvalue weighted by atomic mass is 10.0. The number of anilines is 1. The smallest absolute Gasteiger partial charge is 0.262 e. The number of halogens is 2. The Morgan fingerprint density at radius 3 is 2.69 bits per heavy atom. The fourth-order valence-corrected chi connectivity index (χ4v) is 3.19. The van der Waals surface area contributed by atoms with Gasteiger partial charge in [-0.05, 0) is 42.3 Å². The minimum atomic E-state index is -0.369. The first-order chi connectivity index (χ1) is 13.8. The second-order valence-corrected chi connectivity index (χ2v) is 7.19. The second-order valence-electron chi connectivity index (χ2n) is 6.44. The van der Waals surface area contributed by atoms with Crippen LogP contribution in [0.25, 0.3) is 10.9 Å². The van der Waals surface area contributed by atoms with E-state index in [2.05, 4.69) is 17.0 Å². The maximum atomic E-state index is 12.3. The lowest BCUT2D eigenvalue weighted by molar-refractivity contribution is -0.118. The topological polar surface area (TPSA) is 73.2 Å². The fraction of sp³-hybridized carbons (Fsp3) is 0.190. The highest BCUT2D eigenvalue weighted by Crippen LogP contribution is 2.35. The number of ketones is 1. The summed E-state index contributed by atoms with van der Waals surface area (Å²) < 4.78 is 7.19. The van der Waals surface area contributed by atoms with E-state index in [1.165, 1.54) is 12.1 Å². The number of rotatable bonds is 7. The van der Waals surface area contributed by atoms with Crippen LogP contribution in [0.1, 0.15) is 23.7 Å². The molecule has 3 rings (SSSR count). The summed E-state index contributed by atoms with van der Waals surface area (Å²) in [4.78, 5) is 24.5. The Labute approximate surface area is 178 Å². The Balaban J connectivity index is 1.67. The third-order valence-electron chi connectivity index (χ3n) is 4.30. The minimum Gasteiger partial charge on any atom is -0.482 e. The van der Waals surface area contributed by atoms with Crippen molar-refractivity contribution in [2.24, 2.45) is 7.05 Å². The Kier molecular flexibility index (Phi) is 6.25. The van der Waals surface area contributed by atoms with Crippen LogP contribution in [-0.4, -0.2) is 28.1 Å². The molecule has 2 aromatic carbocycles. The van der Waals surface area contributed by atoms with E-state index < -0.39 is 0 Å². The Morgan fingerprint density at radius 2 is 1.97 bits per heavy atom. The van der Waals surface area contributed by atoms with Crippen molar-refractivity contribution in [1.29, 1.82) is 0 Å². The molecule has 8 heteroatoms. The molecule has 1 aromatic heterocycles. The van der Waals surface area contributed by atoms with Crippen LogP contribution in [0.15, 0.2) is 48.7 Å². The average Bonchev–Trinajstić information content (AvgIpc) is 3.07. The van der Waals surface area contributed by atoms with E-state index in [1.54, 1.807) is 16.8 Å². The van der Waals surface area contributed by atoms with Crippen LogP contribution >= 0.6 is 23.2 Å². The Hall–Kier alpha value is -2.83. The van der Waals surface area contributed by atoms with Crippen LogP contribution < -0.4 is 10.1 Å². The average molecular weight is 432 g/mol. The van der Waals surface area contributed by atoms with Crippen LogP contribution in [0, 0.1) is 0 Å². The highest BCUT2D eigenvalue weighted by molar-refractivity contribution is 6.45. The molecule has 1 heterocycles. The van der Waals surface area contributed by atoms with Crippen LogP contribution in [0.2, 0.25) is 10.0 Å². The molecule has 0 aliphatic rings. The van der Waals surface area contributed by atoms with Gasteiger partial charge in [-0.15, -0.1) is 0 Å². The van der Waals surface area contributed by atoms with Crippen molar-refractivity contribution in [3.8, 4) is 5.75 Å². The molecule has 1 N–H and O–H groups in total. The molecule has 0 aliphatic heterocycles. The molecule has 0 spiro atoms. The van der Waals surface area contributed by atoms with E-state index >= 15 is 0 Å². The molecular weight excluding hydrogens is 413 g/mol. The summed E-state index contributed by atoms with van der Waals surface area (Å²) in [6, 6.07) is 8.46. The van der Waals surface area contributed by atoms with Gasteiger partial charge >= 0.3 is 0 Å². The van der Waals surface area contributed by atoms with Gasteiger partial charge in [-0.1, -0.05) is 36.7 Å². The number of nitrogens with one attached hydrogen (secondary N) is 1. The quantitative estimate of drug-likeness (QED) is 0.419. The number of carbonyl (C=O) groups excluding carboxylic acids is 2. The number of Topliss-reactive ketones (excluding diaryl/α,β-unsaturated/α-hetero) is 1. The minimum absolute atomic E-state index is 0.0733. The molecule has 150 valence electrons. The van der Waals surface area contributed by atoms with Gasteiger partial charge in [-0.25, -0.2) is 0 Å². The molecule has 29 heavy (non-hydrogen) atoms. The first-order valence-corrected chi connectivity index (χ1v) is 9.62. The Bertz CT molecular complexity index is 1120. The summed E-state index contributed by atoms with van der Waals surface area (Å²) in [5.41, 5.74) is 2.06. The number of nitrogens with zero attached hydrogens (tertiary/aromatic N) is 2. The van der Waals surface area contributed by atoms with Crippen molar-refractivity contribution in [2.45, 2.75) is 13.3 Å². The largest absolute Gasteiger partial charge is 0.482 e. The van der Waals surface area contributed by atoms with Gasteiger partial charge in [-0.2, -0.15) is 5.10 Å². The number of hydrogen-bond acceptors (Lipinski definition) is 4. The zero-order valence-corrected chi connectivity index (χ0v) is 17.5. The van der Waals surface area contributed by atoms with Gasteiger partial charge < -0.3 is 10.1 Å². The zero-order valence-electron chi connectivity index (χ0n) is 16.0. The molecule has 0 bridgehead atoms. The normalized spacial score (nSPS) is 10.8. The number of amides is 1. The van der Waals surface area contributed by atoms with Gasteiger partial charge in [0.05, 0.1) is 10.5 Å². The second kappa shape index (κ2) is 8.68. The van der Waals surface area contributed by atoms with Crippen molar-refractivity contribution in [3.63, 3.8) is 0 Å². The zero-order chi connectivity index (χ0) is 21.1.